The van der Waals surface area contributed by atoms with Gasteiger partial charge < -0.3 is 0 Å². The van der Waals surface area contributed by atoms with Crippen LogP contribution in [0.15, 0.2) is 55.0 Å². The molecule has 0 radical (unpaired) electrons. The lowest BCUT2D eigenvalue weighted by molar-refractivity contribution is 0.397. The number of aromatic nitrogens is 5. The molecule has 21 heavy (non-hydrogen) atoms. The number of aryl methyl sites for hydroxylation is 2. The third-order valence-electron chi connectivity index (χ3n) is 3.53. The highest BCUT2D eigenvalue weighted by Crippen LogP contribution is 2.09. The van der Waals surface area contributed by atoms with Gasteiger partial charge in [0.15, 0.2) is 0 Å². The molecular formula is C16H19N5. The maximum absolute atomic E-state index is 4.26. The van der Waals surface area contributed by atoms with Crippen LogP contribution in [0, 0.1) is 0 Å². The molecule has 5 heteroatoms. The van der Waals surface area contributed by atoms with Crippen molar-refractivity contribution in [2.24, 2.45) is 0 Å². The topological polar surface area (TPSA) is 48.5 Å². The Labute approximate surface area is 124 Å². The monoisotopic (exact) mass is 281 g/mol. The van der Waals surface area contributed by atoms with E-state index in [-0.39, 0.29) is 6.04 Å². The summed E-state index contributed by atoms with van der Waals surface area (Å²) in [6, 6.07) is 12.6. The molecule has 2 aromatic heterocycles. The average Bonchev–Trinajstić information content (AvgIpc) is 3.17. The second kappa shape index (κ2) is 6.35. The quantitative estimate of drug-likeness (QED) is 0.697. The molecule has 1 atom stereocenters. The SMILES string of the molecule is C[C@H](Cn1cccn1)n1cc(CCc2ccccc2)nn1. The lowest BCUT2D eigenvalue weighted by atomic mass is 10.1. The lowest BCUT2D eigenvalue weighted by Gasteiger charge is -2.10. The van der Waals surface area contributed by atoms with Crippen molar-refractivity contribution in [1.82, 2.24) is 24.8 Å². The molecule has 0 aliphatic carbocycles. The van der Waals surface area contributed by atoms with E-state index < -0.39 is 0 Å². The van der Waals surface area contributed by atoms with E-state index in [1.807, 2.05) is 33.9 Å². The van der Waals surface area contributed by atoms with E-state index in [2.05, 4.69) is 46.6 Å². The summed E-state index contributed by atoms with van der Waals surface area (Å²) < 4.78 is 3.83. The molecule has 0 unspecified atom stereocenters. The van der Waals surface area contributed by atoms with Crippen molar-refractivity contribution in [3.05, 3.63) is 66.2 Å². The van der Waals surface area contributed by atoms with Crippen LogP contribution in [0.25, 0.3) is 0 Å². The Hall–Kier alpha value is -2.43. The third kappa shape index (κ3) is 3.56. The van der Waals surface area contributed by atoms with Gasteiger partial charge in [0.2, 0.25) is 0 Å². The van der Waals surface area contributed by atoms with E-state index in [4.69, 9.17) is 0 Å². The van der Waals surface area contributed by atoms with E-state index in [1.165, 1.54) is 5.56 Å². The van der Waals surface area contributed by atoms with Gasteiger partial charge in [0.05, 0.1) is 18.3 Å². The molecule has 5 nitrogen and oxygen atoms in total. The number of rotatable bonds is 6. The summed E-state index contributed by atoms with van der Waals surface area (Å²) in [5, 5.41) is 12.7. The molecule has 0 amide bonds. The van der Waals surface area contributed by atoms with Gasteiger partial charge in [-0.15, -0.1) is 5.10 Å². The fourth-order valence-electron chi connectivity index (χ4n) is 2.32. The molecule has 0 aliphatic heterocycles. The Kier molecular flexibility index (Phi) is 4.09. The molecule has 0 saturated heterocycles. The minimum Gasteiger partial charge on any atom is -0.271 e. The van der Waals surface area contributed by atoms with Gasteiger partial charge in [-0.2, -0.15) is 5.10 Å². The Balaban J connectivity index is 1.58. The highest BCUT2D eigenvalue weighted by Gasteiger charge is 2.09. The zero-order valence-corrected chi connectivity index (χ0v) is 12.1. The van der Waals surface area contributed by atoms with Gasteiger partial charge in [0, 0.05) is 18.6 Å². The van der Waals surface area contributed by atoms with Gasteiger partial charge in [-0.25, -0.2) is 4.68 Å². The van der Waals surface area contributed by atoms with Crippen molar-refractivity contribution < 1.29 is 0 Å². The first-order valence-electron chi connectivity index (χ1n) is 7.23. The van der Waals surface area contributed by atoms with Gasteiger partial charge in [-0.05, 0) is 31.4 Å². The maximum atomic E-state index is 4.26. The Morgan fingerprint density at radius 1 is 1.10 bits per heavy atom. The second-order valence-corrected chi connectivity index (χ2v) is 5.25. The molecule has 3 aromatic rings. The number of nitrogens with zero attached hydrogens (tertiary/aromatic N) is 5. The third-order valence-corrected chi connectivity index (χ3v) is 3.53. The Morgan fingerprint density at radius 3 is 2.71 bits per heavy atom. The summed E-state index contributed by atoms with van der Waals surface area (Å²) >= 11 is 0. The van der Waals surface area contributed by atoms with Crippen LogP contribution in [0.3, 0.4) is 0 Å². The summed E-state index contributed by atoms with van der Waals surface area (Å²) in [5.74, 6) is 0. The number of hydrogen-bond donors (Lipinski definition) is 0. The normalized spacial score (nSPS) is 12.4. The van der Waals surface area contributed by atoms with E-state index in [0.717, 1.165) is 25.1 Å². The maximum Gasteiger partial charge on any atom is 0.0830 e. The number of hydrogen-bond acceptors (Lipinski definition) is 3. The average molecular weight is 281 g/mol. The summed E-state index contributed by atoms with van der Waals surface area (Å²) in [7, 11) is 0. The molecule has 2 heterocycles. The van der Waals surface area contributed by atoms with Gasteiger partial charge in [0.25, 0.3) is 0 Å². The number of benzene rings is 1. The highest BCUT2D eigenvalue weighted by molar-refractivity contribution is 5.15. The molecule has 3 rings (SSSR count). The minimum absolute atomic E-state index is 0.239. The van der Waals surface area contributed by atoms with Crippen LogP contribution in [0.5, 0.6) is 0 Å². The first-order valence-corrected chi connectivity index (χ1v) is 7.23. The summed E-state index contributed by atoms with van der Waals surface area (Å²) in [6.07, 6.45) is 7.70. The second-order valence-electron chi connectivity index (χ2n) is 5.25. The fourth-order valence-corrected chi connectivity index (χ4v) is 2.32. The Bertz CT molecular complexity index is 657. The minimum atomic E-state index is 0.239. The van der Waals surface area contributed by atoms with Crippen LogP contribution < -0.4 is 0 Å². The van der Waals surface area contributed by atoms with Crippen molar-refractivity contribution in [3.8, 4) is 0 Å². The van der Waals surface area contributed by atoms with Crippen LogP contribution >= 0.6 is 0 Å². The van der Waals surface area contributed by atoms with Gasteiger partial charge >= 0.3 is 0 Å². The van der Waals surface area contributed by atoms with Crippen molar-refractivity contribution in [1.29, 1.82) is 0 Å². The highest BCUT2D eigenvalue weighted by atomic mass is 15.4. The first kappa shape index (κ1) is 13.5. The largest absolute Gasteiger partial charge is 0.271 e. The van der Waals surface area contributed by atoms with Crippen molar-refractivity contribution in [3.63, 3.8) is 0 Å². The lowest BCUT2D eigenvalue weighted by Crippen LogP contribution is -2.14. The van der Waals surface area contributed by atoms with Crippen LogP contribution in [0.1, 0.15) is 24.2 Å². The molecule has 0 spiro atoms. The summed E-state index contributed by atoms with van der Waals surface area (Å²) in [6.45, 7) is 2.92. The van der Waals surface area contributed by atoms with Crippen LogP contribution in [0.2, 0.25) is 0 Å². The smallest absolute Gasteiger partial charge is 0.0830 e. The molecule has 0 saturated carbocycles. The van der Waals surface area contributed by atoms with Gasteiger partial charge in [-0.3, -0.25) is 4.68 Å². The van der Waals surface area contributed by atoms with Crippen molar-refractivity contribution in [2.75, 3.05) is 0 Å². The van der Waals surface area contributed by atoms with Crippen molar-refractivity contribution >= 4 is 0 Å². The molecule has 0 fully saturated rings. The van der Waals surface area contributed by atoms with Gasteiger partial charge in [0.1, 0.15) is 0 Å². The fraction of sp³-hybridized carbons (Fsp3) is 0.312. The first-order chi connectivity index (χ1) is 10.3. The van der Waals surface area contributed by atoms with Crippen molar-refractivity contribution in [2.45, 2.75) is 32.4 Å². The van der Waals surface area contributed by atoms with Crippen LogP contribution in [0.4, 0.5) is 0 Å². The predicted molar refractivity (Wildman–Crippen MR) is 80.8 cm³/mol. The molecular weight excluding hydrogens is 262 g/mol. The van der Waals surface area contributed by atoms with E-state index in [1.54, 1.807) is 6.20 Å². The Morgan fingerprint density at radius 2 is 1.95 bits per heavy atom. The molecule has 108 valence electrons. The molecule has 1 aromatic carbocycles. The molecule has 0 aliphatic rings. The van der Waals surface area contributed by atoms with Gasteiger partial charge in [-0.1, -0.05) is 35.5 Å². The van der Waals surface area contributed by atoms with Crippen LogP contribution in [-0.4, -0.2) is 24.8 Å². The zero-order valence-electron chi connectivity index (χ0n) is 12.1. The van der Waals surface area contributed by atoms with E-state index in [0.29, 0.717) is 0 Å². The molecule has 0 bridgehead atoms. The standard InChI is InChI=1S/C16H19N5/c1-14(12-20-11-5-10-17-20)21-13-16(18-19-21)9-8-15-6-3-2-4-7-15/h2-7,10-11,13-14H,8-9,12H2,1H3/t14-/m1/s1. The predicted octanol–water partition coefficient (Wildman–Crippen LogP) is 2.52. The van der Waals surface area contributed by atoms with E-state index in [9.17, 15) is 0 Å². The van der Waals surface area contributed by atoms with Crippen LogP contribution in [-0.2, 0) is 19.4 Å². The molecule has 0 N–H and O–H groups in total. The summed E-state index contributed by atoms with van der Waals surface area (Å²) in [4.78, 5) is 0. The zero-order chi connectivity index (χ0) is 14.5. The van der Waals surface area contributed by atoms with E-state index >= 15 is 0 Å². The summed E-state index contributed by atoms with van der Waals surface area (Å²) in [5.41, 5.74) is 2.36.